The van der Waals surface area contributed by atoms with Crippen LogP contribution >= 0.6 is 11.8 Å². The maximum Gasteiger partial charge on any atom is 0.337 e. The lowest BCUT2D eigenvalue weighted by Crippen LogP contribution is -2.43. The monoisotopic (exact) mass is 385 g/mol. The molecule has 0 heterocycles. The molecule has 0 aliphatic carbocycles. The van der Waals surface area contributed by atoms with Crippen LogP contribution < -0.4 is 0 Å². The molecule has 144 valence electrons. The van der Waals surface area contributed by atoms with Gasteiger partial charge in [0.2, 0.25) is 0 Å². The number of non-ortho nitro benzene ring substituents is 1. The number of unbranched alkanes of at least 4 members (excludes halogenated alkanes) is 3. The average Bonchev–Trinajstić information content (AvgIpc) is 2.56. The number of aliphatic carboxylic acids is 2. The van der Waals surface area contributed by atoms with Gasteiger partial charge in [-0.3, -0.25) is 14.9 Å². The third-order valence-electron chi connectivity index (χ3n) is 3.83. The predicted molar refractivity (Wildman–Crippen MR) is 97.4 cm³/mol. The number of hydrogen-bond donors (Lipinski definition) is 3. The molecule has 26 heavy (non-hydrogen) atoms. The van der Waals surface area contributed by atoms with E-state index in [-0.39, 0.29) is 11.4 Å². The first kappa shape index (κ1) is 21.9. The molecule has 0 spiro atoms. The zero-order valence-corrected chi connectivity index (χ0v) is 15.1. The molecule has 1 aromatic rings. The van der Waals surface area contributed by atoms with Gasteiger partial charge in [-0.2, -0.15) is 11.8 Å². The Labute approximate surface area is 155 Å². The fourth-order valence-electron chi connectivity index (χ4n) is 2.35. The zero-order chi connectivity index (χ0) is 19.6. The molecule has 0 unspecified atom stereocenters. The third-order valence-corrected chi connectivity index (χ3v) is 5.09. The van der Waals surface area contributed by atoms with Crippen LogP contribution in [0.3, 0.4) is 0 Å². The summed E-state index contributed by atoms with van der Waals surface area (Å²) in [6.45, 7) is 0. The molecule has 3 N–H and O–H groups in total. The summed E-state index contributed by atoms with van der Waals surface area (Å²) >= 11 is 1.23. The van der Waals surface area contributed by atoms with Crippen LogP contribution in [-0.4, -0.2) is 49.3 Å². The van der Waals surface area contributed by atoms with E-state index in [2.05, 4.69) is 0 Å². The topological polar surface area (TPSA) is 138 Å². The third kappa shape index (κ3) is 7.83. The first-order chi connectivity index (χ1) is 12.2. The molecule has 0 radical (unpaired) electrons. The van der Waals surface area contributed by atoms with Gasteiger partial charge in [-0.05, 0) is 30.6 Å². The number of thioether (sulfide) groups is 1. The van der Waals surface area contributed by atoms with Crippen LogP contribution in [0.1, 0.15) is 37.7 Å². The highest BCUT2D eigenvalue weighted by molar-refractivity contribution is 7.99. The Bertz CT molecular complexity index is 620. The number of nitrogens with zero attached hydrogens (tertiary/aromatic N) is 1. The van der Waals surface area contributed by atoms with Crippen molar-refractivity contribution in [2.75, 3.05) is 11.5 Å². The number of carbonyl (C=O) groups is 2. The van der Waals surface area contributed by atoms with Gasteiger partial charge in [0.05, 0.1) is 11.3 Å². The van der Waals surface area contributed by atoms with Gasteiger partial charge in [0.15, 0.2) is 5.60 Å². The molecule has 1 aromatic carbocycles. The van der Waals surface area contributed by atoms with Gasteiger partial charge >= 0.3 is 11.9 Å². The Hall–Kier alpha value is -2.13. The summed E-state index contributed by atoms with van der Waals surface area (Å²) in [5.74, 6) is -2.37. The maximum absolute atomic E-state index is 11.0. The van der Waals surface area contributed by atoms with E-state index in [9.17, 15) is 24.8 Å². The number of nitro benzene ring substituents is 1. The Balaban J connectivity index is 2.16. The smallest absolute Gasteiger partial charge is 0.337 e. The molecular formula is C17H23NO7S. The maximum atomic E-state index is 11.0. The lowest BCUT2D eigenvalue weighted by Gasteiger charge is -2.20. The van der Waals surface area contributed by atoms with E-state index < -0.39 is 28.9 Å². The number of aliphatic hydroxyl groups is 1. The van der Waals surface area contributed by atoms with Crippen molar-refractivity contribution in [3.63, 3.8) is 0 Å². The number of rotatable bonds is 13. The van der Waals surface area contributed by atoms with Crippen molar-refractivity contribution in [2.24, 2.45) is 0 Å². The molecule has 1 rings (SSSR count). The average molecular weight is 385 g/mol. The summed E-state index contributed by atoms with van der Waals surface area (Å²) < 4.78 is 0. The van der Waals surface area contributed by atoms with Crippen LogP contribution in [0.2, 0.25) is 0 Å². The van der Waals surface area contributed by atoms with Crippen LogP contribution in [0.4, 0.5) is 5.69 Å². The van der Waals surface area contributed by atoms with E-state index in [0.717, 1.165) is 37.7 Å². The highest BCUT2D eigenvalue weighted by Gasteiger charge is 2.38. The summed E-state index contributed by atoms with van der Waals surface area (Å²) in [6, 6.07) is 6.49. The van der Waals surface area contributed by atoms with Gasteiger partial charge < -0.3 is 15.3 Å². The highest BCUT2D eigenvalue weighted by atomic mass is 32.2. The quantitative estimate of drug-likeness (QED) is 0.268. The van der Waals surface area contributed by atoms with E-state index >= 15 is 0 Å². The Kier molecular flexibility index (Phi) is 9.08. The number of hydrogen-bond acceptors (Lipinski definition) is 6. The molecule has 0 saturated carbocycles. The van der Waals surface area contributed by atoms with E-state index in [1.54, 1.807) is 12.1 Å². The van der Waals surface area contributed by atoms with Gasteiger partial charge in [0.1, 0.15) is 0 Å². The molecule has 0 saturated heterocycles. The van der Waals surface area contributed by atoms with Gasteiger partial charge in [0.25, 0.3) is 5.69 Å². The number of carboxylic acid groups (broad SMARTS) is 2. The van der Waals surface area contributed by atoms with Crippen molar-refractivity contribution in [1.82, 2.24) is 0 Å². The van der Waals surface area contributed by atoms with E-state index in [1.165, 1.54) is 23.9 Å². The largest absolute Gasteiger partial charge is 0.481 e. The van der Waals surface area contributed by atoms with E-state index in [1.807, 2.05) is 0 Å². The Morgan fingerprint density at radius 2 is 1.69 bits per heavy atom. The molecule has 8 nitrogen and oxygen atoms in total. The summed E-state index contributed by atoms with van der Waals surface area (Å²) in [7, 11) is 0. The minimum Gasteiger partial charge on any atom is -0.481 e. The second-order valence-electron chi connectivity index (χ2n) is 6.05. The lowest BCUT2D eigenvalue weighted by atomic mass is 10.0. The SMILES string of the molecule is O=C(O)C[C@](O)(CSCCCCCCc1ccc([N+](=O)[O-])cc1)C(=O)O. The van der Waals surface area contributed by atoms with Crippen LogP contribution in [0.15, 0.2) is 24.3 Å². The van der Waals surface area contributed by atoms with Crippen molar-refractivity contribution in [3.05, 3.63) is 39.9 Å². The normalized spacial score (nSPS) is 13.1. The second-order valence-corrected chi connectivity index (χ2v) is 7.15. The first-order valence-corrected chi connectivity index (χ1v) is 9.39. The molecule has 0 aliphatic rings. The minimum atomic E-state index is -2.23. The molecule has 0 amide bonds. The fourth-order valence-corrected chi connectivity index (χ4v) is 3.47. The van der Waals surface area contributed by atoms with Crippen LogP contribution in [-0.2, 0) is 16.0 Å². The summed E-state index contributed by atoms with van der Waals surface area (Å²) in [4.78, 5) is 31.8. The number of benzene rings is 1. The standard InChI is InChI=1S/C17H23NO7S/c19-15(20)11-17(23,16(21)22)12-26-10-4-2-1-3-5-13-6-8-14(9-7-13)18(24)25/h6-9,23H,1-5,10-12H2,(H,19,20)(H,21,22)/t17-/m0/s1. The molecule has 0 aliphatic heterocycles. The molecule has 0 bridgehead atoms. The van der Waals surface area contributed by atoms with Crippen molar-refractivity contribution < 1.29 is 29.8 Å². The summed E-state index contributed by atoms with van der Waals surface area (Å²) in [5, 5.41) is 38.0. The van der Waals surface area contributed by atoms with E-state index in [0.29, 0.717) is 5.75 Å². The highest BCUT2D eigenvalue weighted by Crippen LogP contribution is 2.20. The molecular weight excluding hydrogens is 362 g/mol. The van der Waals surface area contributed by atoms with Crippen LogP contribution in [0.5, 0.6) is 0 Å². The van der Waals surface area contributed by atoms with Crippen molar-refractivity contribution in [3.8, 4) is 0 Å². The Morgan fingerprint density at radius 3 is 2.23 bits per heavy atom. The van der Waals surface area contributed by atoms with Gasteiger partial charge in [-0.15, -0.1) is 0 Å². The molecule has 1 atom stereocenters. The zero-order valence-electron chi connectivity index (χ0n) is 14.3. The number of nitro groups is 1. The van der Waals surface area contributed by atoms with Crippen molar-refractivity contribution in [2.45, 2.75) is 44.1 Å². The molecule has 0 fully saturated rings. The van der Waals surface area contributed by atoms with Crippen molar-refractivity contribution in [1.29, 1.82) is 0 Å². The minimum absolute atomic E-state index is 0.0787. The van der Waals surface area contributed by atoms with Crippen LogP contribution in [0.25, 0.3) is 0 Å². The molecule has 0 aromatic heterocycles. The molecule has 9 heteroatoms. The lowest BCUT2D eigenvalue weighted by molar-refractivity contribution is -0.384. The van der Waals surface area contributed by atoms with Gasteiger partial charge in [-0.1, -0.05) is 25.0 Å². The van der Waals surface area contributed by atoms with Crippen LogP contribution in [0, 0.1) is 10.1 Å². The number of aryl methyl sites for hydroxylation is 1. The van der Waals surface area contributed by atoms with E-state index in [4.69, 9.17) is 10.2 Å². The first-order valence-electron chi connectivity index (χ1n) is 8.23. The second kappa shape index (κ2) is 10.8. The number of carboxylic acids is 2. The Morgan fingerprint density at radius 1 is 1.08 bits per heavy atom. The van der Waals surface area contributed by atoms with Crippen molar-refractivity contribution >= 4 is 29.4 Å². The fraction of sp³-hybridized carbons (Fsp3) is 0.529. The summed E-state index contributed by atoms with van der Waals surface area (Å²) in [6.07, 6.45) is 3.71. The van der Waals surface area contributed by atoms with Gasteiger partial charge in [0, 0.05) is 17.9 Å². The summed E-state index contributed by atoms with van der Waals surface area (Å²) in [5.41, 5.74) is -1.10. The van der Waals surface area contributed by atoms with Gasteiger partial charge in [-0.25, -0.2) is 4.79 Å². The predicted octanol–water partition coefficient (Wildman–Crippen LogP) is 2.72.